The monoisotopic (exact) mass is 459 g/mol. The molecule has 7 nitrogen and oxygen atoms in total. The van der Waals surface area contributed by atoms with E-state index in [-0.39, 0.29) is 12.1 Å². The molecule has 5 heterocycles. The predicted octanol–water partition coefficient (Wildman–Crippen LogP) is 3.04. The minimum Gasteiger partial charge on any atom is -0.394 e. The van der Waals surface area contributed by atoms with Gasteiger partial charge in [0.15, 0.2) is 0 Å². The maximum atomic E-state index is 12.7. The molecule has 164 valence electrons. The zero-order valence-electron chi connectivity index (χ0n) is 17.3. The average Bonchev–Trinajstić information content (AvgIpc) is 3.12. The molecule has 31 heavy (non-hydrogen) atoms. The topological polar surface area (TPSA) is 91.2 Å². The third-order valence-electron chi connectivity index (χ3n) is 7.51. The minimum absolute atomic E-state index is 0.101. The molecule has 0 radical (unpaired) electrons. The van der Waals surface area contributed by atoms with Gasteiger partial charge in [0.2, 0.25) is 0 Å². The number of piperidine rings is 1. The molecule has 4 fully saturated rings. The molecule has 2 saturated heterocycles. The third kappa shape index (κ3) is 3.26. The number of rotatable bonds is 5. The molecule has 0 spiro atoms. The molecule has 2 aromatic rings. The Hall–Kier alpha value is -1.77. The van der Waals surface area contributed by atoms with E-state index < -0.39 is 10.8 Å². The molecule has 2 N–H and O–H groups in total. The lowest BCUT2D eigenvalue weighted by Gasteiger charge is -2.56. The van der Waals surface area contributed by atoms with E-state index in [0.717, 1.165) is 72.9 Å². The molecule has 2 aromatic heterocycles. The van der Waals surface area contributed by atoms with Gasteiger partial charge in [0.25, 0.3) is 0 Å². The number of hydrogen-bond donors (Lipinski definition) is 2. The van der Waals surface area contributed by atoms with Crippen molar-refractivity contribution in [1.29, 1.82) is 0 Å². The summed E-state index contributed by atoms with van der Waals surface area (Å²) in [7, 11) is -1.02. The second-order valence-electron chi connectivity index (χ2n) is 9.40. The quantitative estimate of drug-likeness (QED) is 0.710. The molecule has 9 heteroatoms. The third-order valence-corrected chi connectivity index (χ3v) is 9.19. The van der Waals surface area contributed by atoms with E-state index in [9.17, 15) is 9.32 Å². The molecular weight excluding hydrogens is 434 g/mol. The van der Waals surface area contributed by atoms with E-state index in [1.54, 1.807) is 12.4 Å². The van der Waals surface area contributed by atoms with E-state index in [1.165, 1.54) is 0 Å². The minimum atomic E-state index is -1.02. The maximum Gasteiger partial charge on any atom is 0.131 e. The first-order valence-corrected chi connectivity index (χ1v) is 12.8. The van der Waals surface area contributed by atoms with Crippen molar-refractivity contribution in [3.63, 3.8) is 0 Å². The number of halogens is 1. The fourth-order valence-electron chi connectivity index (χ4n) is 5.72. The van der Waals surface area contributed by atoms with Gasteiger partial charge in [0.1, 0.15) is 11.6 Å². The van der Waals surface area contributed by atoms with E-state index in [0.29, 0.717) is 28.8 Å². The lowest BCUT2D eigenvalue weighted by Crippen LogP contribution is -2.61. The summed E-state index contributed by atoms with van der Waals surface area (Å²) in [6, 6.07) is 2.92. The summed E-state index contributed by atoms with van der Waals surface area (Å²) in [5.41, 5.74) is 1.58. The van der Waals surface area contributed by atoms with E-state index >= 15 is 0 Å². The normalized spacial score (nSPS) is 30.3. The molecule has 2 saturated carbocycles. The van der Waals surface area contributed by atoms with Crippen LogP contribution in [0.1, 0.15) is 56.0 Å². The Labute approximate surface area is 189 Å². The van der Waals surface area contributed by atoms with Crippen molar-refractivity contribution in [2.45, 2.75) is 73.4 Å². The number of aliphatic hydroxyl groups excluding tert-OH is 1. The van der Waals surface area contributed by atoms with Crippen LogP contribution in [0, 0.1) is 0 Å². The summed E-state index contributed by atoms with van der Waals surface area (Å²) in [6.45, 7) is 0.101. The molecule has 2 unspecified atom stereocenters. The molecular formula is C22H26ClN5O2S. The first-order valence-electron chi connectivity index (χ1n) is 11.1. The molecule has 3 aliphatic heterocycles. The molecule has 3 atom stereocenters. The van der Waals surface area contributed by atoms with Crippen LogP contribution in [0.2, 0.25) is 5.02 Å². The highest BCUT2D eigenvalue weighted by molar-refractivity contribution is 7.85. The summed E-state index contributed by atoms with van der Waals surface area (Å²) in [6.07, 6.45) is 10.3. The van der Waals surface area contributed by atoms with Gasteiger partial charge in [-0.25, -0.2) is 15.0 Å². The van der Waals surface area contributed by atoms with E-state index in [4.69, 9.17) is 16.6 Å². The number of nitrogens with one attached hydrogen (secondary N) is 1. The Kier molecular flexibility index (Phi) is 4.74. The van der Waals surface area contributed by atoms with Crippen LogP contribution < -0.4 is 10.2 Å². The number of fused-ring (bicyclic) bond motifs is 3. The molecule has 7 rings (SSSR count). The van der Waals surface area contributed by atoms with Crippen LogP contribution in [0.15, 0.2) is 23.4 Å². The summed E-state index contributed by atoms with van der Waals surface area (Å²) in [5.74, 6) is 2.84. The van der Waals surface area contributed by atoms with Gasteiger partial charge in [0.05, 0.1) is 44.2 Å². The molecule has 0 aromatic carbocycles. The van der Waals surface area contributed by atoms with Gasteiger partial charge in [0, 0.05) is 48.6 Å². The smallest absolute Gasteiger partial charge is 0.131 e. The van der Waals surface area contributed by atoms with Crippen molar-refractivity contribution < 1.29 is 9.32 Å². The highest BCUT2D eigenvalue weighted by Crippen LogP contribution is 2.48. The van der Waals surface area contributed by atoms with Crippen molar-refractivity contribution in [2.75, 3.05) is 22.6 Å². The van der Waals surface area contributed by atoms with Crippen molar-refractivity contribution in [2.24, 2.45) is 0 Å². The number of aromatic nitrogens is 3. The fraction of sp³-hybridized carbons (Fsp3) is 0.591. The lowest BCUT2D eigenvalue weighted by molar-refractivity contribution is 0.144. The van der Waals surface area contributed by atoms with E-state index in [1.807, 2.05) is 0 Å². The molecule has 2 bridgehead atoms. The van der Waals surface area contributed by atoms with Crippen molar-refractivity contribution in [3.05, 3.63) is 35.0 Å². The van der Waals surface area contributed by atoms with Gasteiger partial charge in [-0.2, -0.15) is 0 Å². The van der Waals surface area contributed by atoms with Crippen LogP contribution in [-0.4, -0.2) is 54.2 Å². The van der Waals surface area contributed by atoms with Gasteiger partial charge >= 0.3 is 0 Å². The zero-order chi connectivity index (χ0) is 21.2. The second-order valence-corrected chi connectivity index (χ2v) is 11.3. The number of nitrogens with zero attached hydrogens (tertiary/aromatic N) is 4. The molecule has 0 amide bonds. The summed E-state index contributed by atoms with van der Waals surface area (Å²) >= 11 is 5.95. The second kappa shape index (κ2) is 7.39. The fourth-order valence-corrected chi connectivity index (χ4v) is 7.16. The average molecular weight is 460 g/mol. The van der Waals surface area contributed by atoms with Crippen molar-refractivity contribution in [3.8, 4) is 0 Å². The Bertz CT molecular complexity index is 1030. The summed E-state index contributed by atoms with van der Waals surface area (Å²) < 4.78 is 12.7. The van der Waals surface area contributed by atoms with Crippen LogP contribution in [0.5, 0.6) is 0 Å². The van der Waals surface area contributed by atoms with Crippen LogP contribution >= 0.6 is 11.6 Å². The standard InChI is InChI=1S/C22H26ClN5O2S/c23-14-10-24-21(25-11-14)13-6-15-8-16(7-13)28(15)19-9-18(27-22(12-29)3-1-4-22)20-17(26-19)2-5-31(20)30/h9-11,13,15-16,29H,1-8,12H2,(H,26,27)/t13?,15?,16?,31-/m0/s1. The zero-order valence-corrected chi connectivity index (χ0v) is 18.8. The van der Waals surface area contributed by atoms with Gasteiger partial charge in [-0.15, -0.1) is 0 Å². The van der Waals surface area contributed by atoms with Gasteiger partial charge in [-0.3, -0.25) is 4.21 Å². The van der Waals surface area contributed by atoms with Crippen LogP contribution in [0.4, 0.5) is 11.5 Å². The number of aliphatic hydroxyl groups is 1. The Morgan fingerprint density at radius 1 is 1.23 bits per heavy atom. The SMILES string of the molecule is O=[S@]1CCc2nc(N3C4CC(c5ncc(Cl)cn5)CC3C4)cc(NC3(CO)CCC3)c21. The van der Waals surface area contributed by atoms with Gasteiger partial charge in [-0.1, -0.05) is 11.6 Å². The Morgan fingerprint density at radius 2 is 1.97 bits per heavy atom. The summed E-state index contributed by atoms with van der Waals surface area (Å²) in [5, 5.41) is 14.1. The van der Waals surface area contributed by atoms with Crippen LogP contribution in [0.3, 0.4) is 0 Å². The first kappa shape index (κ1) is 19.9. The highest BCUT2D eigenvalue weighted by atomic mass is 35.5. The first-order chi connectivity index (χ1) is 15.0. The predicted molar refractivity (Wildman–Crippen MR) is 120 cm³/mol. The van der Waals surface area contributed by atoms with Crippen molar-refractivity contribution >= 4 is 33.9 Å². The number of pyridine rings is 1. The number of hydrogen-bond acceptors (Lipinski definition) is 7. The van der Waals surface area contributed by atoms with Crippen LogP contribution in [-0.2, 0) is 17.2 Å². The number of anilines is 2. The highest BCUT2D eigenvalue weighted by Gasteiger charge is 2.47. The maximum absolute atomic E-state index is 12.7. The van der Waals surface area contributed by atoms with Gasteiger partial charge in [-0.05, 0) is 38.5 Å². The van der Waals surface area contributed by atoms with Crippen molar-refractivity contribution in [1.82, 2.24) is 15.0 Å². The van der Waals surface area contributed by atoms with Gasteiger partial charge < -0.3 is 15.3 Å². The van der Waals surface area contributed by atoms with E-state index in [2.05, 4.69) is 26.3 Å². The Balaban J connectivity index is 1.28. The molecule has 2 aliphatic carbocycles. The largest absolute Gasteiger partial charge is 0.394 e. The summed E-state index contributed by atoms with van der Waals surface area (Å²) in [4.78, 5) is 17.1. The Morgan fingerprint density at radius 3 is 2.61 bits per heavy atom. The lowest BCUT2D eigenvalue weighted by atomic mass is 9.73. The molecule has 5 aliphatic rings. The van der Waals surface area contributed by atoms with Crippen LogP contribution in [0.25, 0.3) is 0 Å². The number of aryl methyl sites for hydroxylation is 1.